The lowest BCUT2D eigenvalue weighted by atomic mass is 10.1. The summed E-state index contributed by atoms with van der Waals surface area (Å²) in [6, 6.07) is 46.2. The Morgan fingerprint density at radius 1 is 0.409 bits per heavy atom. The van der Waals surface area contributed by atoms with Crippen molar-refractivity contribution in [2.75, 3.05) is 0 Å². The number of nitrogens with zero attached hydrogens (tertiary/aromatic N) is 4. The number of aromatic nitrogens is 4. The molecule has 0 fully saturated rings. The van der Waals surface area contributed by atoms with E-state index in [0.717, 1.165) is 48.3 Å². The van der Waals surface area contributed by atoms with Crippen molar-refractivity contribution in [3.05, 3.63) is 133 Å². The maximum absolute atomic E-state index is 5.13. The van der Waals surface area contributed by atoms with E-state index < -0.39 is 0 Å². The summed E-state index contributed by atoms with van der Waals surface area (Å²) >= 11 is 3.51. The Hall–Kier alpha value is -5.30. The van der Waals surface area contributed by atoms with Crippen LogP contribution in [0.25, 0.3) is 85.9 Å². The molecule has 3 heterocycles. The molecule has 0 spiro atoms. The Balaban J connectivity index is 1.26. The summed E-state index contributed by atoms with van der Waals surface area (Å²) in [7, 11) is 0. The number of fused-ring (bicyclic) bond motifs is 6. The lowest BCUT2D eigenvalue weighted by Gasteiger charge is -2.10. The van der Waals surface area contributed by atoms with Crippen LogP contribution in [0.2, 0.25) is 0 Å². The van der Waals surface area contributed by atoms with Crippen molar-refractivity contribution in [2.24, 2.45) is 0 Å². The van der Waals surface area contributed by atoms with Gasteiger partial charge in [0.1, 0.15) is 5.01 Å². The van der Waals surface area contributed by atoms with Crippen molar-refractivity contribution >= 4 is 63.8 Å². The number of benzene rings is 6. The molecule has 0 saturated heterocycles. The summed E-state index contributed by atoms with van der Waals surface area (Å²) in [4.78, 5) is 20.2. The van der Waals surface area contributed by atoms with E-state index in [9.17, 15) is 0 Å². The summed E-state index contributed by atoms with van der Waals surface area (Å²) in [5.74, 6) is 1.98. The van der Waals surface area contributed by atoms with Crippen LogP contribution in [0.15, 0.2) is 133 Å². The third-order valence-corrected chi connectivity index (χ3v) is 10.3. The highest BCUT2D eigenvalue weighted by molar-refractivity contribution is 7.26. The first-order valence-corrected chi connectivity index (χ1v) is 16.0. The molecule has 3 aromatic heterocycles. The highest BCUT2D eigenvalue weighted by atomic mass is 32.1. The molecule has 0 unspecified atom stereocenters. The fourth-order valence-corrected chi connectivity index (χ4v) is 8.12. The van der Waals surface area contributed by atoms with Crippen LogP contribution in [0, 0.1) is 0 Å². The van der Waals surface area contributed by atoms with E-state index in [4.69, 9.17) is 19.9 Å². The third kappa shape index (κ3) is 4.19. The summed E-state index contributed by atoms with van der Waals surface area (Å²) in [5, 5.41) is 5.80. The number of rotatable bonds is 4. The standard InChI is InChI=1S/C38H22N4S2/c1-3-10-24(11-4-1)35-40-36(42-37(41-35)29-16-9-15-28-27-14-7-8-17-32(27)43-33(28)29)26-19-18-23-20-21-31-34(30(23)22-26)44-38(39-31)25-12-5-2-6-13-25/h1-22H. The first kappa shape index (κ1) is 25.2. The predicted molar refractivity (Wildman–Crippen MR) is 185 cm³/mol. The Bertz CT molecular complexity index is 2500. The van der Waals surface area contributed by atoms with Gasteiger partial charge in [-0.3, -0.25) is 0 Å². The van der Waals surface area contributed by atoms with Crippen molar-refractivity contribution in [1.29, 1.82) is 0 Å². The molecule has 0 radical (unpaired) electrons. The predicted octanol–water partition coefficient (Wildman–Crippen LogP) is 10.7. The molecule has 9 aromatic rings. The van der Waals surface area contributed by atoms with E-state index in [2.05, 4.69) is 109 Å². The molecule has 206 valence electrons. The second kappa shape index (κ2) is 10.2. The highest BCUT2D eigenvalue weighted by Crippen LogP contribution is 2.40. The summed E-state index contributed by atoms with van der Waals surface area (Å²) in [6.45, 7) is 0. The molecule has 0 N–H and O–H groups in total. The monoisotopic (exact) mass is 598 g/mol. The van der Waals surface area contributed by atoms with Crippen molar-refractivity contribution in [2.45, 2.75) is 0 Å². The first-order valence-electron chi connectivity index (χ1n) is 14.4. The maximum Gasteiger partial charge on any atom is 0.165 e. The smallest absolute Gasteiger partial charge is 0.165 e. The Morgan fingerprint density at radius 2 is 1.09 bits per heavy atom. The molecule has 0 aliphatic rings. The average molecular weight is 599 g/mol. The van der Waals surface area contributed by atoms with Gasteiger partial charge in [0, 0.05) is 47.8 Å². The van der Waals surface area contributed by atoms with Crippen LogP contribution in [0.1, 0.15) is 0 Å². The molecule has 0 bridgehead atoms. The van der Waals surface area contributed by atoms with Gasteiger partial charge in [-0.15, -0.1) is 22.7 Å². The third-order valence-electron chi connectivity index (χ3n) is 7.96. The molecule has 0 saturated carbocycles. The molecule has 6 aromatic carbocycles. The van der Waals surface area contributed by atoms with Gasteiger partial charge in [0.05, 0.1) is 10.2 Å². The quantitative estimate of drug-likeness (QED) is 0.202. The number of hydrogen-bond donors (Lipinski definition) is 0. The van der Waals surface area contributed by atoms with Crippen LogP contribution in [0.3, 0.4) is 0 Å². The normalized spacial score (nSPS) is 11.6. The highest BCUT2D eigenvalue weighted by Gasteiger charge is 2.17. The van der Waals surface area contributed by atoms with Crippen molar-refractivity contribution in [3.8, 4) is 44.7 Å². The van der Waals surface area contributed by atoms with E-state index in [1.165, 1.54) is 20.2 Å². The van der Waals surface area contributed by atoms with Gasteiger partial charge >= 0.3 is 0 Å². The summed E-state index contributed by atoms with van der Waals surface area (Å²) in [5.41, 5.74) is 5.05. The zero-order valence-electron chi connectivity index (χ0n) is 23.3. The molecule has 4 nitrogen and oxygen atoms in total. The van der Waals surface area contributed by atoms with Crippen LogP contribution < -0.4 is 0 Å². The lowest BCUT2D eigenvalue weighted by Crippen LogP contribution is -2.00. The van der Waals surface area contributed by atoms with Crippen molar-refractivity contribution in [1.82, 2.24) is 19.9 Å². The maximum atomic E-state index is 5.13. The SMILES string of the molecule is c1ccc(-c2nc(-c3ccc4ccc5nc(-c6ccccc6)sc5c4c3)nc(-c3cccc4c3sc3ccccc34)n2)cc1. The largest absolute Gasteiger partial charge is 0.236 e. The van der Waals surface area contributed by atoms with Crippen molar-refractivity contribution in [3.63, 3.8) is 0 Å². The van der Waals surface area contributed by atoms with E-state index in [1.54, 1.807) is 22.7 Å². The van der Waals surface area contributed by atoms with Gasteiger partial charge in [-0.05, 0) is 29.7 Å². The van der Waals surface area contributed by atoms with Gasteiger partial charge in [0.15, 0.2) is 17.5 Å². The number of hydrogen-bond acceptors (Lipinski definition) is 6. The average Bonchev–Trinajstić information content (AvgIpc) is 3.71. The number of thiophene rings is 1. The molecule has 0 aliphatic heterocycles. The topological polar surface area (TPSA) is 51.6 Å². The minimum Gasteiger partial charge on any atom is -0.236 e. The first-order chi connectivity index (χ1) is 21.8. The molecule has 44 heavy (non-hydrogen) atoms. The van der Waals surface area contributed by atoms with Crippen LogP contribution in [0.5, 0.6) is 0 Å². The second-order valence-electron chi connectivity index (χ2n) is 10.7. The van der Waals surface area contributed by atoms with Gasteiger partial charge in [0.2, 0.25) is 0 Å². The van der Waals surface area contributed by atoms with Gasteiger partial charge in [-0.25, -0.2) is 19.9 Å². The molecule has 0 aliphatic carbocycles. The van der Waals surface area contributed by atoms with E-state index in [-0.39, 0.29) is 0 Å². The van der Waals surface area contributed by atoms with Gasteiger partial charge in [-0.1, -0.05) is 109 Å². The zero-order valence-corrected chi connectivity index (χ0v) is 24.9. The van der Waals surface area contributed by atoms with E-state index >= 15 is 0 Å². The van der Waals surface area contributed by atoms with Crippen molar-refractivity contribution < 1.29 is 0 Å². The van der Waals surface area contributed by atoms with Gasteiger partial charge in [-0.2, -0.15) is 0 Å². The van der Waals surface area contributed by atoms with E-state index in [0.29, 0.717) is 17.5 Å². The molecule has 9 rings (SSSR count). The van der Waals surface area contributed by atoms with Gasteiger partial charge in [0.25, 0.3) is 0 Å². The summed E-state index contributed by atoms with van der Waals surface area (Å²) in [6.07, 6.45) is 0. The molecular formula is C38H22N4S2. The minimum absolute atomic E-state index is 0.652. The van der Waals surface area contributed by atoms with Crippen LogP contribution in [0.4, 0.5) is 0 Å². The van der Waals surface area contributed by atoms with Crippen LogP contribution in [-0.2, 0) is 0 Å². The molecule has 0 atom stereocenters. The molecule has 0 amide bonds. The Kier molecular flexibility index (Phi) is 5.82. The lowest BCUT2D eigenvalue weighted by molar-refractivity contribution is 1.08. The molecule has 6 heteroatoms. The second-order valence-corrected chi connectivity index (χ2v) is 12.7. The fourth-order valence-electron chi connectivity index (χ4n) is 5.81. The van der Waals surface area contributed by atoms with Crippen LogP contribution in [-0.4, -0.2) is 19.9 Å². The van der Waals surface area contributed by atoms with E-state index in [1.807, 2.05) is 24.3 Å². The molecular weight excluding hydrogens is 577 g/mol. The number of thiazole rings is 1. The van der Waals surface area contributed by atoms with Gasteiger partial charge < -0.3 is 0 Å². The Labute approximate surface area is 261 Å². The minimum atomic E-state index is 0.652. The van der Waals surface area contributed by atoms with Crippen LogP contribution >= 0.6 is 22.7 Å². The zero-order chi connectivity index (χ0) is 29.0. The fraction of sp³-hybridized carbons (Fsp3) is 0. The Morgan fingerprint density at radius 3 is 1.93 bits per heavy atom. The summed E-state index contributed by atoms with van der Waals surface area (Å²) < 4.78 is 3.60.